The molecule has 1 unspecified atom stereocenters. The number of rotatable bonds is 4. The van der Waals surface area contributed by atoms with E-state index in [1.165, 1.54) is 6.07 Å². The summed E-state index contributed by atoms with van der Waals surface area (Å²) in [5.41, 5.74) is 0.673. The lowest BCUT2D eigenvalue weighted by atomic mass is 10.1. The van der Waals surface area contributed by atoms with Crippen LogP contribution in [0.1, 0.15) is 24.2 Å². The summed E-state index contributed by atoms with van der Waals surface area (Å²) in [4.78, 5) is 14.7. The van der Waals surface area contributed by atoms with Crippen molar-refractivity contribution in [2.45, 2.75) is 19.1 Å². The Labute approximate surface area is 119 Å². The number of nitrogens with one attached hydrogen (secondary N) is 1. The molecule has 0 fully saturated rings. The SMILES string of the molecule is CC(NC=O)c1cccc(-c2cccc(C(F)(F)F)c2)n1. The molecule has 0 saturated heterocycles. The van der Waals surface area contributed by atoms with Crippen molar-refractivity contribution in [3.8, 4) is 11.3 Å². The van der Waals surface area contributed by atoms with Gasteiger partial charge >= 0.3 is 6.18 Å². The van der Waals surface area contributed by atoms with Gasteiger partial charge in [-0.3, -0.25) is 9.78 Å². The van der Waals surface area contributed by atoms with Gasteiger partial charge in [-0.15, -0.1) is 0 Å². The van der Waals surface area contributed by atoms with E-state index in [9.17, 15) is 18.0 Å². The predicted octanol–water partition coefficient (Wildman–Crippen LogP) is 3.57. The van der Waals surface area contributed by atoms with Crippen LogP contribution in [0.4, 0.5) is 13.2 Å². The Morgan fingerprint density at radius 1 is 1.19 bits per heavy atom. The van der Waals surface area contributed by atoms with Crippen LogP contribution in [0.15, 0.2) is 42.5 Å². The van der Waals surface area contributed by atoms with Gasteiger partial charge in [-0.2, -0.15) is 13.2 Å². The van der Waals surface area contributed by atoms with Crippen molar-refractivity contribution in [3.63, 3.8) is 0 Å². The molecule has 0 aliphatic rings. The van der Waals surface area contributed by atoms with Gasteiger partial charge in [-0.1, -0.05) is 18.2 Å². The minimum atomic E-state index is -4.39. The molecule has 2 aromatic rings. The van der Waals surface area contributed by atoms with E-state index in [1.807, 2.05) is 0 Å². The van der Waals surface area contributed by atoms with E-state index in [-0.39, 0.29) is 6.04 Å². The highest BCUT2D eigenvalue weighted by molar-refractivity contribution is 5.60. The third-order valence-corrected chi connectivity index (χ3v) is 3.02. The number of carbonyl (C=O) groups is 1. The smallest absolute Gasteiger partial charge is 0.351 e. The van der Waals surface area contributed by atoms with Gasteiger partial charge in [0.25, 0.3) is 0 Å². The number of hydrogen-bond acceptors (Lipinski definition) is 2. The average molecular weight is 294 g/mol. The normalized spacial score (nSPS) is 12.8. The average Bonchev–Trinajstić information content (AvgIpc) is 2.47. The number of benzene rings is 1. The topological polar surface area (TPSA) is 42.0 Å². The van der Waals surface area contributed by atoms with Gasteiger partial charge in [-0.05, 0) is 31.2 Å². The summed E-state index contributed by atoms with van der Waals surface area (Å²) in [6.07, 6.45) is -3.83. The van der Waals surface area contributed by atoms with Crippen LogP contribution >= 0.6 is 0 Å². The standard InChI is InChI=1S/C15H13F3N2O/c1-10(19-9-21)13-6-3-7-14(20-13)11-4-2-5-12(8-11)15(16,17)18/h2-10H,1H3,(H,19,21). The maximum Gasteiger partial charge on any atom is 0.416 e. The highest BCUT2D eigenvalue weighted by atomic mass is 19.4. The molecular weight excluding hydrogens is 281 g/mol. The molecule has 1 atom stereocenters. The molecule has 1 heterocycles. The van der Waals surface area contributed by atoms with E-state index < -0.39 is 11.7 Å². The lowest BCUT2D eigenvalue weighted by Crippen LogP contribution is -2.17. The van der Waals surface area contributed by atoms with E-state index in [2.05, 4.69) is 10.3 Å². The molecule has 1 aromatic heterocycles. The largest absolute Gasteiger partial charge is 0.416 e. The molecule has 1 amide bonds. The Hall–Kier alpha value is -2.37. The second-order valence-electron chi connectivity index (χ2n) is 4.53. The number of hydrogen-bond donors (Lipinski definition) is 1. The zero-order valence-corrected chi connectivity index (χ0v) is 11.2. The Balaban J connectivity index is 2.38. The third kappa shape index (κ3) is 3.59. The fourth-order valence-corrected chi connectivity index (χ4v) is 1.90. The number of alkyl halides is 3. The summed E-state index contributed by atoms with van der Waals surface area (Å²) in [6, 6.07) is 9.71. The summed E-state index contributed by atoms with van der Waals surface area (Å²) in [6.45, 7) is 1.74. The van der Waals surface area contributed by atoms with Crippen LogP contribution in [-0.4, -0.2) is 11.4 Å². The highest BCUT2D eigenvalue weighted by Crippen LogP contribution is 2.31. The van der Waals surface area contributed by atoms with Crippen LogP contribution in [0.25, 0.3) is 11.3 Å². The lowest BCUT2D eigenvalue weighted by Gasteiger charge is -2.12. The Morgan fingerprint density at radius 2 is 1.90 bits per heavy atom. The molecule has 2 rings (SSSR count). The lowest BCUT2D eigenvalue weighted by molar-refractivity contribution is -0.137. The van der Waals surface area contributed by atoms with Crippen LogP contribution in [-0.2, 0) is 11.0 Å². The quantitative estimate of drug-likeness (QED) is 0.876. The molecule has 1 aromatic carbocycles. The van der Waals surface area contributed by atoms with Gasteiger partial charge in [0.05, 0.1) is 23.0 Å². The molecule has 0 spiro atoms. The third-order valence-electron chi connectivity index (χ3n) is 3.02. The zero-order valence-electron chi connectivity index (χ0n) is 11.2. The van der Waals surface area contributed by atoms with Gasteiger partial charge < -0.3 is 5.32 Å². The van der Waals surface area contributed by atoms with Crippen molar-refractivity contribution in [2.24, 2.45) is 0 Å². The van der Waals surface area contributed by atoms with Crippen molar-refractivity contribution in [3.05, 3.63) is 53.7 Å². The number of carbonyl (C=O) groups excluding carboxylic acids is 1. The Morgan fingerprint density at radius 3 is 2.57 bits per heavy atom. The molecule has 6 heteroatoms. The van der Waals surface area contributed by atoms with Gasteiger partial charge in [-0.25, -0.2) is 0 Å². The molecular formula is C15H13F3N2O. The van der Waals surface area contributed by atoms with E-state index >= 15 is 0 Å². The van der Waals surface area contributed by atoms with E-state index in [1.54, 1.807) is 31.2 Å². The minimum Gasteiger partial charge on any atom is -0.351 e. The van der Waals surface area contributed by atoms with Gasteiger partial charge in [0.1, 0.15) is 0 Å². The first kappa shape index (κ1) is 15.0. The Bertz CT molecular complexity index is 641. The summed E-state index contributed by atoms with van der Waals surface area (Å²) in [5.74, 6) is 0. The second kappa shape index (κ2) is 5.95. The van der Waals surface area contributed by atoms with E-state index in [4.69, 9.17) is 0 Å². The molecule has 21 heavy (non-hydrogen) atoms. The second-order valence-corrected chi connectivity index (χ2v) is 4.53. The van der Waals surface area contributed by atoms with Crippen molar-refractivity contribution in [2.75, 3.05) is 0 Å². The Kier molecular flexibility index (Phi) is 4.26. The molecule has 0 saturated carbocycles. The van der Waals surface area contributed by atoms with Crippen molar-refractivity contribution >= 4 is 6.41 Å². The molecule has 110 valence electrons. The molecule has 1 N–H and O–H groups in total. The highest BCUT2D eigenvalue weighted by Gasteiger charge is 2.30. The maximum atomic E-state index is 12.7. The van der Waals surface area contributed by atoms with E-state index in [0.29, 0.717) is 23.4 Å². The van der Waals surface area contributed by atoms with Crippen molar-refractivity contribution in [1.29, 1.82) is 0 Å². The summed E-state index contributed by atoms with van der Waals surface area (Å²) in [5, 5.41) is 2.55. The first-order valence-corrected chi connectivity index (χ1v) is 6.26. The summed E-state index contributed by atoms with van der Waals surface area (Å²) >= 11 is 0. The molecule has 0 bridgehead atoms. The van der Waals surface area contributed by atoms with Crippen molar-refractivity contribution in [1.82, 2.24) is 10.3 Å². The fraction of sp³-hybridized carbons (Fsp3) is 0.200. The van der Waals surface area contributed by atoms with Crippen LogP contribution < -0.4 is 5.32 Å². The van der Waals surface area contributed by atoms with Crippen LogP contribution in [0.2, 0.25) is 0 Å². The van der Waals surface area contributed by atoms with Gasteiger partial charge in [0.2, 0.25) is 6.41 Å². The number of pyridine rings is 1. The van der Waals surface area contributed by atoms with Gasteiger partial charge in [0.15, 0.2) is 0 Å². The monoisotopic (exact) mass is 294 g/mol. The number of amides is 1. The molecule has 0 aliphatic heterocycles. The van der Waals surface area contributed by atoms with Crippen molar-refractivity contribution < 1.29 is 18.0 Å². The maximum absolute atomic E-state index is 12.7. The van der Waals surface area contributed by atoms with Gasteiger partial charge in [0, 0.05) is 5.56 Å². The summed E-state index contributed by atoms with van der Waals surface area (Å²) < 4.78 is 38.2. The minimum absolute atomic E-state index is 0.312. The number of nitrogens with zero attached hydrogens (tertiary/aromatic N) is 1. The van der Waals surface area contributed by atoms with Crippen LogP contribution in [0, 0.1) is 0 Å². The zero-order chi connectivity index (χ0) is 15.5. The number of halogens is 3. The van der Waals surface area contributed by atoms with Crippen LogP contribution in [0.3, 0.4) is 0 Å². The molecule has 0 aliphatic carbocycles. The first-order chi connectivity index (χ1) is 9.91. The first-order valence-electron chi connectivity index (χ1n) is 6.26. The molecule has 0 radical (unpaired) electrons. The summed E-state index contributed by atoms with van der Waals surface area (Å²) in [7, 11) is 0. The molecule has 3 nitrogen and oxygen atoms in total. The predicted molar refractivity (Wildman–Crippen MR) is 72.3 cm³/mol. The van der Waals surface area contributed by atoms with Crippen LogP contribution in [0.5, 0.6) is 0 Å². The van der Waals surface area contributed by atoms with E-state index in [0.717, 1.165) is 12.1 Å². The fourth-order valence-electron chi connectivity index (χ4n) is 1.90. The number of aromatic nitrogens is 1.